The van der Waals surface area contributed by atoms with Crippen LogP contribution in [0.3, 0.4) is 0 Å². The number of hydrogen-bond acceptors (Lipinski definition) is 7. The number of carbonyl (C=O) groups excluding carboxylic acids is 3. The van der Waals surface area contributed by atoms with Gasteiger partial charge in [-0.15, -0.1) is 0 Å². The molecule has 35 heavy (non-hydrogen) atoms. The van der Waals surface area contributed by atoms with Crippen LogP contribution in [-0.4, -0.2) is 37.3 Å². The number of methoxy groups -OCH3 is 1. The number of ether oxygens (including phenoxy) is 2. The molecule has 0 aliphatic carbocycles. The molecular formula is C25H24ClN3O5S. The molecular weight excluding hydrogens is 490 g/mol. The van der Waals surface area contributed by atoms with Crippen molar-refractivity contribution in [2.45, 2.75) is 19.4 Å². The molecule has 2 amide bonds. The molecule has 1 heterocycles. The van der Waals surface area contributed by atoms with Gasteiger partial charge in [-0.3, -0.25) is 14.4 Å². The van der Waals surface area contributed by atoms with Gasteiger partial charge in [0.1, 0.15) is 11.7 Å². The summed E-state index contributed by atoms with van der Waals surface area (Å²) < 4.78 is 10.3. The number of carbonyl (C=O) groups is 3. The predicted molar refractivity (Wildman–Crippen MR) is 132 cm³/mol. The molecule has 2 aromatic carbocycles. The highest BCUT2D eigenvalue weighted by Crippen LogP contribution is 2.42. The number of hydrogen-bond donors (Lipinski definition) is 2. The fourth-order valence-corrected chi connectivity index (χ4v) is 4.77. The lowest BCUT2D eigenvalue weighted by atomic mass is 9.78. The predicted octanol–water partition coefficient (Wildman–Crippen LogP) is 3.53. The van der Waals surface area contributed by atoms with Crippen molar-refractivity contribution in [2.24, 2.45) is 5.92 Å². The maximum atomic E-state index is 12.9. The molecule has 0 fully saturated rings. The van der Waals surface area contributed by atoms with E-state index in [4.69, 9.17) is 21.1 Å². The Morgan fingerprint density at radius 3 is 2.60 bits per heavy atom. The van der Waals surface area contributed by atoms with E-state index in [2.05, 4.69) is 16.7 Å². The Morgan fingerprint density at radius 2 is 1.97 bits per heavy atom. The molecule has 0 aromatic heterocycles. The highest BCUT2D eigenvalue weighted by molar-refractivity contribution is 8.03. The first-order valence-electron chi connectivity index (χ1n) is 10.8. The molecule has 2 N–H and O–H groups in total. The van der Waals surface area contributed by atoms with Crippen molar-refractivity contribution in [1.82, 2.24) is 10.6 Å². The second-order valence-corrected chi connectivity index (χ2v) is 8.89. The Kier molecular flexibility index (Phi) is 9.18. The fourth-order valence-electron chi connectivity index (χ4n) is 3.65. The minimum Gasteiger partial charge on any atom is -0.492 e. The number of amides is 2. The number of esters is 1. The van der Waals surface area contributed by atoms with Gasteiger partial charge in [-0.1, -0.05) is 59.8 Å². The molecule has 8 nitrogen and oxygen atoms in total. The van der Waals surface area contributed by atoms with Crippen LogP contribution in [0.2, 0.25) is 5.02 Å². The van der Waals surface area contributed by atoms with Crippen LogP contribution < -0.4 is 15.4 Å². The van der Waals surface area contributed by atoms with Crippen molar-refractivity contribution in [3.63, 3.8) is 0 Å². The van der Waals surface area contributed by atoms with E-state index in [0.29, 0.717) is 24.5 Å². The second-order valence-electron chi connectivity index (χ2n) is 7.50. The lowest BCUT2D eigenvalue weighted by Crippen LogP contribution is -2.44. The third-order valence-electron chi connectivity index (χ3n) is 5.28. The third kappa shape index (κ3) is 6.35. The van der Waals surface area contributed by atoms with Gasteiger partial charge in [0, 0.05) is 12.5 Å². The highest BCUT2D eigenvalue weighted by Gasteiger charge is 2.44. The lowest BCUT2D eigenvalue weighted by molar-refractivity contribution is -0.150. The first-order valence-corrected chi connectivity index (χ1v) is 12.1. The van der Waals surface area contributed by atoms with Crippen molar-refractivity contribution in [3.8, 4) is 11.8 Å². The van der Waals surface area contributed by atoms with Crippen LogP contribution in [-0.2, 0) is 25.7 Å². The Hall–Kier alpha value is -3.48. The van der Waals surface area contributed by atoms with Crippen molar-refractivity contribution < 1.29 is 23.9 Å². The van der Waals surface area contributed by atoms with Crippen molar-refractivity contribution in [3.05, 3.63) is 75.3 Å². The SMILES string of the molecule is CCOc1ccc([C@@H]2C(C#N)=C(SCC(=O)NCc3ccccc3)NC(=O)[C@@H]2C(=O)OC)cc1Cl. The molecule has 1 aliphatic rings. The molecule has 182 valence electrons. The Balaban J connectivity index is 1.87. The Bertz CT molecular complexity index is 1180. The van der Waals surface area contributed by atoms with Gasteiger partial charge < -0.3 is 20.1 Å². The summed E-state index contributed by atoms with van der Waals surface area (Å²) in [6.07, 6.45) is 0. The molecule has 0 unspecified atom stereocenters. The Morgan fingerprint density at radius 1 is 1.23 bits per heavy atom. The molecule has 0 saturated carbocycles. The van der Waals surface area contributed by atoms with Gasteiger partial charge in [-0.2, -0.15) is 5.26 Å². The van der Waals surface area contributed by atoms with Gasteiger partial charge in [-0.05, 0) is 30.2 Å². The highest BCUT2D eigenvalue weighted by atomic mass is 35.5. The van der Waals surface area contributed by atoms with E-state index < -0.39 is 23.7 Å². The summed E-state index contributed by atoms with van der Waals surface area (Å²) in [5.74, 6) is -3.50. The van der Waals surface area contributed by atoms with Crippen LogP contribution in [0.15, 0.2) is 59.1 Å². The van der Waals surface area contributed by atoms with E-state index in [0.717, 1.165) is 17.3 Å². The van der Waals surface area contributed by atoms with Gasteiger partial charge in [0.05, 0.1) is 41.2 Å². The quantitative estimate of drug-likeness (QED) is 0.389. The van der Waals surface area contributed by atoms with Crippen LogP contribution in [0.4, 0.5) is 0 Å². The maximum Gasteiger partial charge on any atom is 0.319 e. The van der Waals surface area contributed by atoms with Crippen LogP contribution in [0.1, 0.15) is 24.0 Å². The smallest absolute Gasteiger partial charge is 0.319 e. The number of halogens is 1. The zero-order chi connectivity index (χ0) is 25.4. The molecule has 10 heteroatoms. The third-order valence-corrected chi connectivity index (χ3v) is 6.59. The minimum atomic E-state index is -1.29. The summed E-state index contributed by atoms with van der Waals surface area (Å²) in [7, 11) is 1.18. The summed E-state index contributed by atoms with van der Waals surface area (Å²) in [4.78, 5) is 37.9. The summed E-state index contributed by atoms with van der Waals surface area (Å²) in [6, 6.07) is 16.4. The van der Waals surface area contributed by atoms with Crippen LogP contribution in [0, 0.1) is 17.2 Å². The molecule has 2 aromatic rings. The molecule has 3 rings (SSSR count). The zero-order valence-electron chi connectivity index (χ0n) is 19.2. The monoisotopic (exact) mass is 513 g/mol. The number of rotatable bonds is 9. The van der Waals surface area contributed by atoms with Crippen LogP contribution in [0.25, 0.3) is 0 Å². The van der Waals surface area contributed by atoms with Crippen molar-refractivity contribution in [2.75, 3.05) is 19.5 Å². The van der Waals surface area contributed by atoms with E-state index in [1.165, 1.54) is 7.11 Å². The van der Waals surface area contributed by atoms with Gasteiger partial charge in [0.15, 0.2) is 0 Å². The Labute approximate surface area is 212 Å². The molecule has 0 spiro atoms. The van der Waals surface area contributed by atoms with E-state index in [9.17, 15) is 19.6 Å². The van der Waals surface area contributed by atoms with E-state index in [1.807, 2.05) is 37.3 Å². The number of allylic oxidation sites excluding steroid dienone is 1. The minimum absolute atomic E-state index is 0.0345. The van der Waals surface area contributed by atoms with Crippen LogP contribution in [0.5, 0.6) is 5.75 Å². The maximum absolute atomic E-state index is 12.9. The zero-order valence-corrected chi connectivity index (χ0v) is 20.7. The van der Waals surface area contributed by atoms with Gasteiger partial charge in [-0.25, -0.2) is 0 Å². The van der Waals surface area contributed by atoms with Crippen molar-refractivity contribution in [1.29, 1.82) is 5.26 Å². The average molecular weight is 514 g/mol. The number of thioether (sulfide) groups is 1. The number of nitrogens with one attached hydrogen (secondary N) is 2. The average Bonchev–Trinajstić information content (AvgIpc) is 2.87. The molecule has 0 bridgehead atoms. The van der Waals surface area contributed by atoms with Gasteiger partial charge in [0.2, 0.25) is 11.8 Å². The van der Waals surface area contributed by atoms with Crippen molar-refractivity contribution >= 4 is 41.1 Å². The molecule has 0 saturated heterocycles. The second kappa shape index (κ2) is 12.3. The van der Waals surface area contributed by atoms with Crippen LogP contribution >= 0.6 is 23.4 Å². The van der Waals surface area contributed by atoms with E-state index in [-0.39, 0.29) is 27.3 Å². The molecule has 2 atom stereocenters. The number of nitrogens with zero attached hydrogens (tertiary/aromatic N) is 1. The summed E-state index contributed by atoms with van der Waals surface area (Å²) in [5, 5.41) is 15.9. The standard InChI is InChI=1S/C25H24ClN3O5S/c1-3-34-19-10-9-16(11-18(19)26)21-17(12-27)24(29-23(31)22(21)25(32)33-2)35-14-20(30)28-13-15-7-5-4-6-8-15/h4-11,21-22H,3,13-14H2,1-2H3,(H,28,30)(H,29,31)/t21-,22-/m1/s1. The number of benzene rings is 2. The summed E-state index contributed by atoms with van der Waals surface area (Å²) in [6.45, 7) is 2.58. The fraction of sp³-hybridized carbons (Fsp3) is 0.280. The molecule has 1 aliphatic heterocycles. The lowest BCUT2D eigenvalue weighted by Gasteiger charge is -2.31. The summed E-state index contributed by atoms with van der Waals surface area (Å²) >= 11 is 7.36. The first-order chi connectivity index (χ1) is 16.9. The molecule has 0 radical (unpaired) electrons. The normalized spacial score (nSPS) is 17.3. The first kappa shape index (κ1) is 26.1. The number of nitriles is 1. The van der Waals surface area contributed by atoms with Gasteiger partial charge >= 0.3 is 5.97 Å². The van der Waals surface area contributed by atoms with E-state index in [1.54, 1.807) is 18.2 Å². The summed E-state index contributed by atoms with van der Waals surface area (Å²) in [5.41, 5.74) is 1.56. The van der Waals surface area contributed by atoms with Gasteiger partial charge in [0.25, 0.3) is 0 Å². The topological polar surface area (TPSA) is 118 Å². The van der Waals surface area contributed by atoms with E-state index >= 15 is 0 Å². The largest absolute Gasteiger partial charge is 0.492 e.